The summed E-state index contributed by atoms with van der Waals surface area (Å²) in [5, 5.41) is 5.87. The number of carbonyl (C=O) groups excluding carboxylic acids is 1. The van der Waals surface area contributed by atoms with Gasteiger partial charge in [0.1, 0.15) is 5.75 Å². The highest BCUT2D eigenvalue weighted by atomic mass is 32.1. The molecule has 0 saturated heterocycles. The fourth-order valence-corrected chi connectivity index (χ4v) is 2.43. The monoisotopic (exact) mass is 291 g/mol. The maximum Gasteiger partial charge on any atom is 0.253 e. The van der Waals surface area contributed by atoms with Crippen molar-refractivity contribution in [3.63, 3.8) is 0 Å². The lowest BCUT2D eigenvalue weighted by Crippen LogP contribution is -2.26. The average Bonchev–Trinajstić information content (AvgIpc) is 2.85. The van der Waals surface area contributed by atoms with Crippen LogP contribution >= 0.6 is 11.3 Å². The first-order chi connectivity index (χ1) is 9.60. The van der Waals surface area contributed by atoms with E-state index in [-0.39, 0.29) is 5.91 Å². The van der Waals surface area contributed by atoms with Crippen LogP contribution in [0.5, 0.6) is 5.75 Å². The molecule has 2 rings (SSSR count). The minimum atomic E-state index is -0.201. The van der Waals surface area contributed by atoms with Crippen LogP contribution in [0, 0.1) is 6.92 Å². The zero-order chi connectivity index (χ0) is 14.5. The van der Waals surface area contributed by atoms with Crippen LogP contribution in [-0.4, -0.2) is 24.5 Å². The van der Waals surface area contributed by atoms with E-state index in [9.17, 15) is 4.79 Å². The number of rotatable bonds is 5. The molecule has 20 heavy (non-hydrogen) atoms. The highest BCUT2D eigenvalue weighted by molar-refractivity contribution is 7.09. The van der Waals surface area contributed by atoms with Gasteiger partial charge in [0.25, 0.3) is 5.91 Å². The molecule has 3 N–H and O–H groups in total. The molecule has 1 amide bonds. The number of thiazole rings is 1. The molecule has 106 valence electrons. The van der Waals surface area contributed by atoms with E-state index in [4.69, 9.17) is 10.5 Å². The highest BCUT2D eigenvalue weighted by Gasteiger charge is 2.10. The molecule has 0 aliphatic heterocycles. The average molecular weight is 291 g/mol. The van der Waals surface area contributed by atoms with Crippen molar-refractivity contribution in [3.05, 3.63) is 39.8 Å². The van der Waals surface area contributed by atoms with Gasteiger partial charge in [0.05, 0.1) is 23.4 Å². The van der Waals surface area contributed by atoms with Gasteiger partial charge >= 0.3 is 0 Å². The van der Waals surface area contributed by atoms with Crippen molar-refractivity contribution in [3.8, 4) is 5.75 Å². The van der Waals surface area contributed by atoms with E-state index in [1.165, 1.54) is 0 Å². The van der Waals surface area contributed by atoms with E-state index < -0.39 is 0 Å². The summed E-state index contributed by atoms with van der Waals surface area (Å²) in [6.45, 7) is 2.49. The number of carbonyl (C=O) groups is 1. The second-order valence-electron chi connectivity index (χ2n) is 4.32. The van der Waals surface area contributed by atoms with E-state index >= 15 is 0 Å². The van der Waals surface area contributed by atoms with Crippen molar-refractivity contribution in [1.29, 1.82) is 0 Å². The van der Waals surface area contributed by atoms with Gasteiger partial charge in [0.2, 0.25) is 0 Å². The van der Waals surface area contributed by atoms with Crippen molar-refractivity contribution in [2.75, 3.05) is 19.4 Å². The molecule has 2 aromatic rings. The molecule has 1 aromatic carbocycles. The van der Waals surface area contributed by atoms with Crippen molar-refractivity contribution in [2.45, 2.75) is 13.3 Å². The van der Waals surface area contributed by atoms with Gasteiger partial charge in [-0.05, 0) is 25.1 Å². The fourth-order valence-electron chi connectivity index (χ4n) is 1.78. The van der Waals surface area contributed by atoms with E-state index in [0.29, 0.717) is 30.0 Å². The van der Waals surface area contributed by atoms with E-state index in [0.717, 1.165) is 10.7 Å². The third kappa shape index (κ3) is 3.48. The summed E-state index contributed by atoms with van der Waals surface area (Å²) >= 11 is 1.61. The number of nitrogens with two attached hydrogens (primary N) is 1. The summed E-state index contributed by atoms with van der Waals surface area (Å²) < 4.78 is 5.09. The fraction of sp³-hybridized carbons (Fsp3) is 0.286. The van der Waals surface area contributed by atoms with E-state index in [2.05, 4.69) is 10.3 Å². The normalized spacial score (nSPS) is 10.3. The summed E-state index contributed by atoms with van der Waals surface area (Å²) in [4.78, 5) is 16.4. The largest absolute Gasteiger partial charge is 0.497 e. The van der Waals surface area contributed by atoms with Crippen LogP contribution in [0.4, 0.5) is 5.69 Å². The Balaban J connectivity index is 1.94. The van der Waals surface area contributed by atoms with Crippen molar-refractivity contribution in [2.24, 2.45) is 0 Å². The lowest BCUT2D eigenvalue weighted by molar-refractivity contribution is 0.0954. The predicted octanol–water partition coefficient (Wildman–Crippen LogP) is 2.01. The Morgan fingerprint density at radius 3 is 2.95 bits per heavy atom. The zero-order valence-electron chi connectivity index (χ0n) is 11.5. The number of benzene rings is 1. The Bertz CT molecular complexity index is 610. The molecule has 0 spiro atoms. The van der Waals surface area contributed by atoms with Crippen LogP contribution in [-0.2, 0) is 6.42 Å². The number of anilines is 1. The number of aromatic nitrogens is 1. The molecule has 0 radical (unpaired) electrons. The molecule has 0 unspecified atom stereocenters. The minimum absolute atomic E-state index is 0.201. The quantitative estimate of drug-likeness (QED) is 0.826. The highest BCUT2D eigenvalue weighted by Crippen LogP contribution is 2.19. The molecule has 0 atom stereocenters. The molecular formula is C14H17N3O2S. The molecule has 1 heterocycles. The Morgan fingerprint density at radius 1 is 1.50 bits per heavy atom. The summed E-state index contributed by atoms with van der Waals surface area (Å²) in [6, 6.07) is 5.03. The van der Waals surface area contributed by atoms with Crippen LogP contribution < -0.4 is 15.8 Å². The summed E-state index contributed by atoms with van der Waals surface area (Å²) in [7, 11) is 1.55. The number of ether oxygens (including phenoxy) is 1. The molecule has 0 bridgehead atoms. The van der Waals surface area contributed by atoms with Crippen molar-refractivity contribution < 1.29 is 9.53 Å². The summed E-state index contributed by atoms with van der Waals surface area (Å²) in [6.07, 6.45) is 0.708. The SMILES string of the molecule is COc1ccc(N)c(C(=O)NCCc2csc(C)n2)c1. The van der Waals surface area contributed by atoms with E-state index in [1.54, 1.807) is 36.6 Å². The van der Waals surface area contributed by atoms with Crippen LogP contribution in [0.3, 0.4) is 0 Å². The third-order valence-electron chi connectivity index (χ3n) is 2.84. The van der Waals surface area contributed by atoms with Crippen LogP contribution in [0.1, 0.15) is 21.1 Å². The number of nitrogens with zero attached hydrogens (tertiary/aromatic N) is 1. The molecular weight excluding hydrogens is 274 g/mol. The first-order valence-electron chi connectivity index (χ1n) is 6.23. The first kappa shape index (κ1) is 14.3. The van der Waals surface area contributed by atoms with Crippen LogP contribution in [0.2, 0.25) is 0 Å². The van der Waals surface area contributed by atoms with E-state index in [1.807, 2.05) is 12.3 Å². The molecule has 0 aliphatic rings. The number of hydrogen-bond donors (Lipinski definition) is 2. The number of amides is 1. The Kier molecular flexibility index (Phi) is 4.57. The third-order valence-corrected chi connectivity index (χ3v) is 3.66. The number of nitrogens with one attached hydrogen (secondary N) is 1. The van der Waals surface area contributed by atoms with Crippen LogP contribution in [0.25, 0.3) is 0 Å². The van der Waals surface area contributed by atoms with Gasteiger partial charge in [0.15, 0.2) is 0 Å². The Hall–Kier alpha value is -2.08. The number of nitrogen functional groups attached to an aromatic ring is 1. The predicted molar refractivity (Wildman–Crippen MR) is 80.3 cm³/mol. The van der Waals surface area contributed by atoms with Gasteiger partial charge in [-0.3, -0.25) is 4.79 Å². The molecule has 0 saturated carbocycles. The maximum atomic E-state index is 12.1. The van der Waals surface area contributed by atoms with Crippen molar-refractivity contribution in [1.82, 2.24) is 10.3 Å². The zero-order valence-corrected chi connectivity index (χ0v) is 12.3. The molecule has 5 nitrogen and oxygen atoms in total. The first-order valence-corrected chi connectivity index (χ1v) is 7.11. The summed E-state index contributed by atoms with van der Waals surface area (Å²) in [5.74, 6) is 0.410. The molecule has 0 fully saturated rings. The van der Waals surface area contributed by atoms with Crippen molar-refractivity contribution >= 4 is 22.9 Å². The Labute approximate surface area is 121 Å². The number of aryl methyl sites for hydroxylation is 1. The minimum Gasteiger partial charge on any atom is -0.497 e. The maximum absolute atomic E-state index is 12.1. The van der Waals surface area contributed by atoms with Gasteiger partial charge < -0.3 is 15.8 Å². The number of methoxy groups -OCH3 is 1. The van der Waals surface area contributed by atoms with Gasteiger partial charge in [-0.1, -0.05) is 0 Å². The standard InChI is InChI=1S/C14H17N3O2S/c1-9-17-10(8-20-9)5-6-16-14(18)12-7-11(19-2)3-4-13(12)15/h3-4,7-8H,5-6,15H2,1-2H3,(H,16,18). The summed E-state index contributed by atoms with van der Waals surface area (Å²) in [5.41, 5.74) is 7.66. The van der Waals surface area contributed by atoms with Crippen LogP contribution in [0.15, 0.2) is 23.6 Å². The Morgan fingerprint density at radius 2 is 2.30 bits per heavy atom. The molecule has 1 aromatic heterocycles. The molecule has 6 heteroatoms. The molecule has 0 aliphatic carbocycles. The van der Waals surface area contributed by atoms with Gasteiger partial charge in [-0.25, -0.2) is 4.98 Å². The lowest BCUT2D eigenvalue weighted by atomic mass is 10.1. The second kappa shape index (κ2) is 6.38. The van der Waals surface area contributed by atoms with Gasteiger partial charge in [0, 0.05) is 24.0 Å². The number of hydrogen-bond acceptors (Lipinski definition) is 5. The second-order valence-corrected chi connectivity index (χ2v) is 5.38. The van der Waals surface area contributed by atoms with Gasteiger partial charge in [-0.15, -0.1) is 11.3 Å². The van der Waals surface area contributed by atoms with Gasteiger partial charge in [-0.2, -0.15) is 0 Å². The lowest BCUT2D eigenvalue weighted by Gasteiger charge is -2.08. The topological polar surface area (TPSA) is 77.2 Å². The smallest absolute Gasteiger partial charge is 0.253 e.